The molecule has 1 heterocycles. The molecule has 2 aromatic carbocycles. The molecule has 0 atom stereocenters. The first-order valence-corrected chi connectivity index (χ1v) is 11.3. The predicted octanol–water partition coefficient (Wildman–Crippen LogP) is 6.72. The quantitative estimate of drug-likeness (QED) is 0.339. The molecule has 1 nitrogen and oxygen atoms in total. The topological polar surface area (TPSA) is 3.88 Å². The van der Waals surface area contributed by atoms with Crippen LogP contribution in [-0.2, 0) is 13.5 Å². The zero-order valence-electron chi connectivity index (χ0n) is 18.3. The lowest BCUT2D eigenvalue weighted by molar-refractivity contribution is -0.660. The molecule has 3 aromatic rings. The molecule has 148 valence electrons. The minimum absolute atomic E-state index is 0.736. The Bertz CT molecular complexity index is 1100. The van der Waals surface area contributed by atoms with Crippen molar-refractivity contribution < 1.29 is 4.57 Å². The molecule has 0 bridgehead atoms. The van der Waals surface area contributed by atoms with Crippen LogP contribution < -0.4 is 4.57 Å². The van der Waals surface area contributed by atoms with Gasteiger partial charge in [-0.05, 0) is 84.9 Å². The fraction of sp³-hybridized carbons (Fsp3) is 0.393. The molecule has 0 N–H and O–H groups in total. The molecule has 0 spiro atoms. The summed E-state index contributed by atoms with van der Waals surface area (Å²) in [7, 11) is 2.22. The summed E-state index contributed by atoms with van der Waals surface area (Å²) in [5, 5.41) is 0. The van der Waals surface area contributed by atoms with Crippen molar-refractivity contribution in [3.8, 4) is 22.4 Å². The lowest BCUT2D eigenvalue weighted by atomic mass is 9.82. The molecule has 0 aliphatic heterocycles. The maximum atomic E-state index is 2.53. The molecule has 0 radical (unpaired) electrons. The lowest BCUT2D eigenvalue weighted by Crippen LogP contribution is -2.32. The van der Waals surface area contributed by atoms with Gasteiger partial charge in [-0.3, -0.25) is 0 Å². The van der Waals surface area contributed by atoms with E-state index in [1.165, 1.54) is 82.3 Å². The number of benzene rings is 2. The Kier molecular flexibility index (Phi) is 4.57. The van der Waals surface area contributed by atoms with Crippen LogP contribution in [0, 0.1) is 20.8 Å². The summed E-state index contributed by atoms with van der Waals surface area (Å²) in [6.45, 7) is 6.84. The fourth-order valence-electron chi connectivity index (χ4n) is 5.82. The van der Waals surface area contributed by atoms with Crippen LogP contribution in [0.25, 0.3) is 22.4 Å². The highest BCUT2D eigenvalue weighted by Gasteiger charge is 2.29. The molecule has 1 saturated carbocycles. The Morgan fingerprint density at radius 3 is 2.34 bits per heavy atom. The maximum absolute atomic E-state index is 2.53. The van der Waals surface area contributed by atoms with Crippen molar-refractivity contribution in [3.05, 3.63) is 76.0 Å². The smallest absolute Gasteiger partial charge is 0.201 e. The van der Waals surface area contributed by atoms with Gasteiger partial charge < -0.3 is 0 Å². The summed E-state index contributed by atoms with van der Waals surface area (Å²) in [5.41, 5.74) is 14.6. The molecule has 29 heavy (non-hydrogen) atoms. The highest BCUT2D eigenvalue weighted by molar-refractivity contribution is 5.85. The van der Waals surface area contributed by atoms with Gasteiger partial charge in [-0.1, -0.05) is 49.6 Å². The molecule has 0 amide bonds. The predicted molar refractivity (Wildman–Crippen MR) is 121 cm³/mol. The number of nitrogens with zero attached hydrogens (tertiary/aromatic N) is 1. The first-order chi connectivity index (χ1) is 14.0. The van der Waals surface area contributed by atoms with E-state index in [0.29, 0.717) is 0 Å². The van der Waals surface area contributed by atoms with E-state index in [-0.39, 0.29) is 0 Å². The van der Waals surface area contributed by atoms with Crippen LogP contribution in [0.5, 0.6) is 0 Å². The Morgan fingerprint density at radius 1 is 0.793 bits per heavy atom. The summed E-state index contributed by atoms with van der Waals surface area (Å²) in [6.07, 6.45) is 10.3. The number of aromatic nitrogens is 1. The van der Waals surface area contributed by atoms with Crippen LogP contribution in [0.15, 0.2) is 42.6 Å². The van der Waals surface area contributed by atoms with Crippen molar-refractivity contribution in [2.24, 2.45) is 7.05 Å². The molecule has 1 fully saturated rings. The largest absolute Gasteiger partial charge is 0.213 e. The van der Waals surface area contributed by atoms with Gasteiger partial charge in [0.1, 0.15) is 7.05 Å². The van der Waals surface area contributed by atoms with Crippen molar-refractivity contribution in [1.82, 2.24) is 0 Å². The van der Waals surface area contributed by atoms with Gasteiger partial charge >= 0.3 is 0 Å². The molecule has 2 aliphatic rings. The third kappa shape index (κ3) is 3.03. The van der Waals surface area contributed by atoms with E-state index >= 15 is 0 Å². The molecular weight excluding hydrogens is 350 g/mol. The van der Waals surface area contributed by atoms with Crippen molar-refractivity contribution in [2.45, 2.75) is 65.2 Å². The second-order valence-corrected chi connectivity index (χ2v) is 9.30. The van der Waals surface area contributed by atoms with E-state index in [4.69, 9.17) is 0 Å². The highest BCUT2D eigenvalue weighted by Crippen LogP contribution is 2.44. The normalized spacial score (nSPS) is 16.0. The lowest BCUT2D eigenvalue weighted by Gasteiger charge is -2.23. The molecule has 0 saturated heterocycles. The van der Waals surface area contributed by atoms with Gasteiger partial charge in [0.05, 0.1) is 5.56 Å². The van der Waals surface area contributed by atoms with E-state index in [1.54, 1.807) is 5.56 Å². The van der Waals surface area contributed by atoms with Crippen molar-refractivity contribution >= 4 is 0 Å². The Labute approximate surface area is 175 Å². The highest BCUT2D eigenvalue weighted by atomic mass is 14.9. The number of aryl methyl sites for hydroxylation is 4. The summed E-state index contributed by atoms with van der Waals surface area (Å²) in [5.74, 6) is 0.736. The van der Waals surface area contributed by atoms with Crippen LogP contribution in [0.2, 0.25) is 0 Å². The first-order valence-electron chi connectivity index (χ1n) is 11.3. The summed E-state index contributed by atoms with van der Waals surface area (Å²) in [4.78, 5) is 0. The van der Waals surface area contributed by atoms with E-state index < -0.39 is 0 Å². The average Bonchev–Trinajstić information content (AvgIpc) is 3.09. The molecule has 1 heteroatoms. The van der Waals surface area contributed by atoms with E-state index in [0.717, 1.165) is 12.3 Å². The third-order valence-electron chi connectivity index (χ3n) is 7.39. The minimum Gasteiger partial charge on any atom is -0.201 e. The van der Waals surface area contributed by atoms with Gasteiger partial charge in [-0.15, -0.1) is 0 Å². The van der Waals surface area contributed by atoms with Crippen molar-refractivity contribution in [3.63, 3.8) is 0 Å². The van der Waals surface area contributed by atoms with Gasteiger partial charge in [-0.25, -0.2) is 4.57 Å². The van der Waals surface area contributed by atoms with Crippen LogP contribution in [0.4, 0.5) is 0 Å². The first kappa shape index (κ1) is 18.6. The van der Waals surface area contributed by atoms with Gasteiger partial charge in [0.15, 0.2) is 6.20 Å². The third-order valence-corrected chi connectivity index (χ3v) is 7.39. The Morgan fingerprint density at radius 2 is 1.55 bits per heavy atom. The maximum Gasteiger partial charge on any atom is 0.213 e. The SMILES string of the molecule is Cc1c[n+](C)c(-c2c(C)ccc3c2Cc2c(C)cccc2-3)cc1C1CCCCC1. The van der Waals surface area contributed by atoms with E-state index in [1.807, 2.05) is 0 Å². The zero-order chi connectivity index (χ0) is 20.1. The monoisotopic (exact) mass is 382 g/mol. The molecule has 5 rings (SSSR count). The number of hydrogen-bond donors (Lipinski definition) is 0. The summed E-state index contributed by atoms with van der Waals surface area (Å²) in [6, 6.07) is 14.0. The van der Waals surface area contributed by atoms with Crippen LogP contribution in [0.1, 0.15) is 71.4 Å². The zero-order valence-corrected chi connectivity index (χ0v) is 18.3. The van der Waals surface area contributed by atoms with Gasteiger partial charge in [0.25, 0.3) is 0 Å². The van der Waals surface area contributed by atoms with E-state index in [2.05, 4.69) is 75.0 Å². The van der Waals surface area contributed by atoms with Gasteiger partial charge in [0.2, 0.25) is 5.69 Å². The Balaban J connectivity index is 1.69. The average molecular weight is 383 g/mol. The minimum atomic E-state index is 0.736. The van der Waals surface area contributed by atoms with Gasteiger partial charge in [0, 0.05) is 11.6 Å². The summed E-state index contributed by atoms with van der Waals surface area (Å²) >= 11 is 0. The van der Waals surface area contributed by atoms with Crippen molar-refractivity contribution in [2.75, 3.05) is 0 Å². The van der Waals surface area contributed by atoms with Crippen LogP contribution in [0.3, 0.4) is 0 Å². The number of pyridine rings is 1. The number of hydrogen-bond acceptors (Lipinski definition) is 0. The fourth-order valence-corrected chi connectivity index (χ4v) is 5.82. The van der Waals surface area contributed by atoms with Gasteiger partial charge in [-0.2, -0.15) is 0 Å². The molecule has 2 aliphatic carbocycles. The molecular formula is C28H32N+. The number of fused-ring (bicyclic) bond motifs is 3. The Hall–Kier alpha value is -2.41. The second kappa shape index (κ2) is 7.13. The van der Waals surface area contributed by atoms with Crippen LogP contribution in [-0.4, -0.2) is 0 Å². The standard InChI is InChI=1S/C28H32N/c1-18-9-8-12-22-23-14-13-19(2)28(26(23)15-25(18)22)27-16-24(20(3)17-29(27)4)21-10-6-5-7-11-21/h8-9,12-14,16-17,21H,5-7,10-11,15H2,1-4H3/q+1. The van der Waals surface area contributed by atoms with E-state index in [9.17, 15) is 0 Å². The van der Waals surface area contributed by atoms with Crippen molar-refractivity contribution in [1.29, 1.82) is 0 Å². The van der Waals surface area contributed by atoms with Crippen LogP contribution >= 0.6 is 0 Å². The number of rotatable bonds is 2. The second-order valence-electron chi connectivity index (χ2n) is 9.30. The molecule has 0 unspecified atom stereocenters. The molecule has 1 aromatic heterocycles. The summed E-state index contributed by atoms with van der Waals surface area (Å²) < 4.78 is 2.36.